The molecule has 27 heavy (non-hydrogen) atoms. The fourth-order valence-corrected chi connectivity index (χ4v) is 3.06. The van der Waals surface area contributed by atoms with Crippen LogP contribution < -0.4 is 10.6 Å². The van der Waals surface area contributed by atoms with Gasteiger partial charge in [0.15, 0.2) is 0 Å². The summed E-state index contributed by atoms with van der Waals surface area (Å²) in [5, 5.41) is 5.53. The number of rotatable bonds is 9. The first-order chi connectivity index (χ1) is 13.0. The Balaban J connectivity index is 1.83. The third kappa shape index (κ3) is 7.24. The first kappa shape index (κ1) is 20.7. The van der Waals surface area contributed by atoms with E-state index in [0.717, 1.165) is 16.3 Å². The Hall–Kier alpha value is -2.64. The second-order valence-corrected chi connectivity index (χ2v) is 6.93. The summed E-state index contributed by atoms with van der Waals surface area (Å²) < 4.78 is 12.9. The Morgan fingerprint density at radius 1 is 1.07 bits per heavy atom. The number of carbonyl (C=O) groups excluding carboxylic acids is 2. The van der Waals surface area contributed by atoms with Crippen LogP contribution in [0.25, 0.3) is 0 Å². The van der Waals surface area contributed by atoms with Gasteiger partial charge in [0.25, 0.3) is 0 Å². The summed E-state index contributed by atoms with van der Waals surface area (Å²) in [6.45, 7) is 3.80. The van der Waals surface area contributed by atoms with Crippen molar-refractivity contribution in [3.05, 3.63) is 67.0 Å². The highest BCUT2D eigenvalue weighted by Crippen LogP contribution is 2.26. The van der Waals surface area contributed by atoms with E-state index >= 15 is 0 Å². The quantitative estimate of drug-likeness (QED) is 0.510. The van der Waals surface area contributed by atoms with Crippen molar-refractivity contribution in [2.45, 2.75) is 4.90 Å². The van der Waals surface area contributed by atoms with E-state index in [1.807, 2.05) is 24.3 Å². The molecule has 7 heteroatoms. The van der Waals surface area contributed by atoms with Crippen LogP contribution in [0.4, 0.5) is 15.8 Å². The third-order valence-electron chi connectivity index (χ3n) is 3.47. The van der Waals surface area contributed by atoms with Crippen molar-refractivity contribution in [2.75, 3.05) is 36.5 Å². The number of nitrogens with one attached hydrogen (secondary N) is 2. The zero-order chi connectivity index (χ0) is 19.6. The van der Waals surface area contributed by atoms with Crippen LogP contribution in [0.5, 0.6) is 0 Å². The van der Waals surface area contributed by atoms with Gasteiger partial charge in [0.05, 0.1) is 18.8 Å². The van der Waals surface area contributed by atoms with Crippen LogP contribution in [0, 0.1) is 5.82 Å². The molecule has 0 radical (unpaired) electrons. The van der Waals surface area contributed by atoms with Crippen molar-refractivity contribution in [1.29, 1.82) is 0 Å². The van der Waals surface area contributed by atoms with Crippen LogP contribution in [0.3, 0.4) is 0 Å². The lowest BCUT2D eigenvalue weighted by atomic mass is 10.3. The van der Waals surface area contributed by atoms with Gasteiger partial charge in [-0.05, 0) is 43.4 Å². The number of anilines is 2. The maximum Gasteiger partial charge on any atom is 0.238 e. The number of hydrogen-bond acceptors (Lipinski definition) is 4. The largest absolute Gasteiger partial charge is 0.325 e. The van der Waals surface area contributed by atoms with Gasteiger partial charge < -0.3 is 10.6 Å². The molecule has 0 unspecified atom stereocenters. The fraction of sp³-hybridized carbons (Fsp3) is 0.200. The zero-order valence-corrected chi connectivity index (χ0v) is 15.9. The molecule has 0 heterocycles. The summed E-state index contributed by atoms with van der Waals surface area (Å²) in [5.74, 6) is -0.109. The van der Waals surface area contributed by atoms with E-state index < -0.39 is 0 Å². The Morgan fingerprint density at radius 2 is 1.70 bits per heavy atom. The second kappa shape index (κ2) is 10.5. The maximum atomic E-state index is 12.9. The number of thioether (sulfide) groups is 1. The lowest BCUT2D eigenvalue weighted by molar-refractivity contribution is -0.119. The predicted octanol–water partition coefficient (Wildman–Crippen LogP) is 3.61. The SMILES string of the molecule is C=CCSc1ccccc1NC(=O)CN(C)CC(=O)Nc1ccc(F)cc1. The molecule has 142 valence electrons. The molecule has 5 nitrogen and oxygen atoms in total. The van der Waals surface area contributed by atoms with E-state index in [1.165, 1.54) is 24.3 Å². The molecule has 0 saturated heterocycles. The van der Waals surface area contributed by atoms with E-state index in [1.54, 1.807) is 29.8 Å². The molecule has 2 rings (SSSR count). The third-order valence-corrected chi connectivity index (χ3v) is 4.54. The van der Waals surface area contributed by atoms with Crippen molar-refractivity contribution in [1.82, 2.24) is 4.90 Å². The number of hydrogen-bond donors (Lipinski definition) is 2. The lowest BCUT2D eigenvalue weighted by Gasteiger charge is -2.17. The van der Waals surface area contributed by atoms with Gasteiger partial charge in [0, 0.05) is 16.3 Å². The van der Waals surface area contributed by atoms with Crippen molar-refractivity contribution in [2.24, 2.45) is 0 Å². The second-order valence-electron chi connectivity index (χ2n) is 5.87. The minimum absolute atomic E-state index is 0.0393. The minimum Gasteiger partial charge on any atom is -0.325 e. The molecule has 2 N–H and O–H groups in total. The molecule has 0 atom stereocenters. The molecule has 2 aromatic rings. The summed E-state index contributed by atoms with van der Waals surface area (Å²) in [7, 11) is 1.68. The first-order valence-corrected chi connectivity index (χ1v) is 9.33. The van der Waals surface area contributed by atoms with Crippen molar-refractivity contribution in [3.8, 4) is 0 Å². The Labute approximate surface area is 162 Å². The molecule has 2 amide bonds. The Bertz CT molecular complexity index is 796. The highest BCUT2D eigenvalue weighted by molar-refractivity contribution is 7.99. The van der Waals surface area contributed by atoms with Gasteiger partial charge in [-0.15, -0.1) is 18.3 Å². The first-order valence-electron chi connectivity index (χ1n) is 8.34. The molecule has 2 aromatic carbocycles. The molecule has 0 aliphatic heterocycles. The predicted molar refractivity (Wildman–Crippen MR) is 109 cm³/mol. The smallest absolute Gasteiger partial charge is 0.238 e. The standard InChI is InChI=1S/C20H22FN3O2S/c1-3-12-27-18-7-5-4-6-17(18)23-20(26)14-24(2)13-19(25)22-16-10-8-15(21)9-11-16/h3-11H,1,12-14H2,2H3,(H,22,25)(H,23,26). The minimum atomic E-state index is -0.367. The van der Waals surface area contributed by atoms with Gasteiger partial charge in [0.2, 0.25) is 11.8 Å². The molecule has 0 aliphatic rings. The van der Waals surface area contributed by atoms with Crippen LogP contribution in [0.2, 0.25) is 0 Å². The van der Waals surface area contributed by atoms with Crippen molar-refractivity contribution < 1.29 is 14.0 Å². The molecule has 0 bridgehead atoms. The van der Waals surface area contributed by atoms with Gasteiger partial charge in [-0.3, -0.25) is 14.5 Å². The molecular formula is C20H22FN3O2S. The number of para-hydroxylation sites is 1. The van der Waals surface area contributed by atoms with Crippen LogP contribution >= 0.6 is 11.8 Å². The zero-order valence-electron chi connectivity index (χ0n) is 15.1. The van der Waals surface area contributed by atoms with E-state index in [2.05, 4.69) is 17.2 Å². The highest BCUT2D eigenvalue weighted by atomic mass is 32.2. The van der Waals surface area contributed by atoms with E-state index in [4.69, 9.17) is 0 Å². The van der Waals surface area contributed by atoms with Gasteiger partial charge in [0.1, 0.15) is 5.82 Å². The summed E-state index contributed by atoms with van der Waals surface area (Å²) in [5.41, 5.74) is 1.24. The lowest BCUT2D eigenvalue weighted by Crippen LogP contribution is -2.36. The van der Waals surface area contributed by atoms with Crippen LogP contribution in [0.15, 0.2) is 66.1 Å². The number of benzene rings is 2. The van der Waals surface area contributed by atoms with E-state index in [0.29, 0.717) is 5.69 Å². The number of halogens is 1. The average molecular weight is 387 g/mol. The van der Waals surface area contributed by atoms with Crippen LogP contribution in [0.1, 0.15) is 0 Å². The number of carbonyl (C=O) groups is 2. The van der Waals surface area contributed by atoms with Gasteiger partial charge >= 0.3 is 0 Å². The van der Waals surface area contributed by atoms with E-state index in [-0.39, 0.29) is 30.7 Å². The molecular weight excluding hydrogens is 365 g/mol. The van der Waals surface area contributed by atoms with E-state index in [9.17, 15) is 14.0 Å². The number of likely N-dealkylation sites (N-methyl/N-ethyl adjacent to an activating group) is 1. The monoisotopic (exact) mass is 387 g/mol. The summed E-state index contributed by atoms with van der Waals surface area (Å²) in [6, 6.07) is 13.0. The van der Waals surface area contributed by atoms with Crippen LogP contribution in [-0.4, -0.2) is 42.6 Å². The number of nitrogens with zero attached hydrogens (tertiary/aromatic N) is 1. The topological polar surface area (TPSA) is 61.4 Å². The normalized spacial score (nSPS) is 10.5. The fourth-order valence-electron chi connectivity index (χ4n) is 2.31. The summed E-state index contributed by atoms with van der Waals surface area (Å²) >= 11 is 1.58. The van der Waals surface area contributed by atoms with Crippen LogP contribution in [-0.2, 0) is 9.59 Å². The van der Waals surface area contributed by atoms with Gasteiger partial charge in [-0.1, -0.05) is 18.2 Å². The molecule has 0 spiro atoms. The molecule has 0 saturated carbocycles. The average Bonchev–Trinajstić information content (AvgIpc) is 2.62. The molecule has 0 aromatic heterocycles. The van der Waals surface area contributed by atoms with Gasteiger partial charge in [-0.2, -0.15) is 0 Å². The summed E-state index contributed by atoms with van der Waals surface area (Å²) in [4.78, 5) is 26.9. The molecule has 0 aliphatic carbocycles. The number of amides is 2. The van der Waals surface area contributed by atoms with Crippen molar-refractivity contribution in [3.63, 3.8) is 0 Å². The summed E-state index contributed by atoms with van der Waals surface area (Å²) in [6.07, 6.45) is 1.80. The highest BCUT2D eigenvalue weighted by Gasteiger charge is 2.12. The Kier molecular flexibility index (Phi) is 8.03. The van der Waals surface area contributed by atoms with Crippen molar-refractivity contribution >= 4 is 35.0 Å². The Morgan fingerprint density at radius 3 is 2.37 bits per heavy atom. The maximum absolute atomic E-state index is 12.9. The molecule has 0 fully saturated rings. The van der Waals surface area contributed by atoms with Gasteiger partial charge in [-0.25, -0.2) is 4.39 Å².